The average Bonchev–Trinajstić information content (AvgIpc) is 0.811. The Kier molecular flexibility index (Phi) is 25.0. The van der Waals surface area contributed by atoms with Gasteiger partial charge in [0.1, 0.15) is 0 Å². The second-order valence-corrected chi connectivity index (χ2v) is 0.238. The van der Waals surface area contributed by atoms with Crippen molar-refractivity contribution in [1.29, 1.82) is 0 Å². The van der Waals surface area contributed by atoms with E-state index < -0.39 is 5.09 Å². The molecule has 4 nitrogen and oxygen atoms in total. The molecule has 0 aliphatic rings. The van der Waals surface area contributed by atoms with Crippen LogP contribution in [0.1, 0.15) is 2.85 Å². The largest absolute Gasteiger partial charge is 2.00 e. The van der Waals surface area contributed by atoms with Crippen LogP contribution in [0.5, 0.6) is 0 Å². The molecule has 0 aromatic heterocycles. The van der Waals surface area contributed by atoms with Crippen molar-refractivity contribution in [2.75, 3.05) is 0 Å². The molecule has 0 unspecified atom stereocenters. The van der Waals surface area contributed by atoms with E-state index in [1.807, 2.05) is 0 Å². The van der Waals surface area contributed by atoms with Gasteiger partial charge in [0.05, 0.1) is 0 Å². The second-order valence-electron chi connectivity index (χ2n) is 0.238. The van der Waals surface area contributed by atoms with Crippen molar-refractivity contribution in [3.63, 3.8) is 0 Å². The van der Waals surface area contributed by atoms with Gasteiger partial charge in [-0.05, 0) is 0 Å². The molecule has 1 radical (unpaired) electrons. The van der Waals surface area contributed by atoms with Gasteiger partial charge in [-0.3, -0.25) is 0 Å². The van der Waals surface area contributed by atoms with E-state index >= 15 is 0 Å². The summed E-state index contributed by atoms with van der Waals surface area (Å²) in [5.74, 6) is 0. The number of rotatable bonds is 0. The van der Waals surface area contributed by atoms with Crippen LogP contribution in [0.4, 0.5) is 0 Å². The molecule has 1 N–H and O–H groups in total. The van der Waals surface area contributed by atoms with Crippen molar-refractivity contribution in [2.45, 2.75) is 0 Å². The Labute approximate surface area is 86.5 Å². The predicted molar refractivity (Wildman–Crippen MR) is 16.8 cm³/mol. The maximum absolute atomic E-state index is 8.36. The molecule has 31 valence electrons. The minimum atomic E-state index is -1.50. The topological polar surface area (TPSA) is 63.4 Å². The minimum Gasteiger partial charge on any atom is -1.00 e. The summed E-state index contributed by atoms with van der Waals surface area (Å²) in [6, 6.07) is 0. The monoisotopic (exact) mass is 230 g/mol. The first-order chi connectivity index (χ1) is 1.73. The van der Waals surface area contributed by atoms with E-state index in [9.17, 15) is 0 Å². The molecule has 0 spiro atoms. The SMILES string of the molecule is O=[N+]([O-])O.[H-].[H-].[Mg+2].[Pr]. The van der Waals surface area contributed by atoms with Gasteiger partial charge in [-0.25, -0.2) is 0 Å². The fourth-order valence-corrected chi connectivity index (χ4v) is 0. The van der Waals surface area contributed by atoms with E-state index in [1.54, 1.807) is 0 Å². The standard InChI is InChI=1S/Mg.HNO3.Pr.2H/c;2-1(3)4;;;/h;(H,2,3,4);;;/q+2;;;2*-1. The summed E-state index contributed by atoms with van der Waals surface area (Å²) >= 11 is 0. The van der Waals surface area contributed by atoms with E-state index in [1.165, 1.54) is 0 Å². The van der Waals surface area contributed by atoms with Crippen LogP contribution in [0.2, 0.25) is 0 Å². The van der Waals surface area contributed by atoms with Gasteiger partial charge < -0.3 is 8.06 Å². The Balaban J connectivity index is -0.00000000750. The summed E-state index contributed by atoms with van der Waals surface area (Å²) < 4.78 is 0. The Morgan fingerprint density at radius 1 is 1.83 bits per heavy atom. The molecule has 0 aliphatic carbocycles. The van der Waals surface area contributed by atoms with E-state index in [0.717, 1.165) is 0 Å². The van der Waals surface area contributed by atoms with Gasteiger partial charge in [-0.15, -0.1) is 10.1 Å². The van der Waals surface area contributed by atoms with Crippen LogP contribution in [0.15, 0.2) is 0 Å². The second kappa shape index (κ2) is 9.59. The molecule has 0 atom stereocenters. The number of nitrogens with zero attached hydrogens (tertiary/aromatic N) is 1. The molecule has 0 bridgehead atoms. The molecule has 0 saturated heterocycles. The van der Waals surface area contributed by atoms with Gasteiger partial charge in [0.25, 0.3) is 5.09 Å². The fraction of sp³-hybridized carbons (Fsp3) is 0. The van der Waals surface area contributed by atoms with Crippen molar-refractivity contribution in [2.24, 2.45) is 0 Å². The Bertz CT molecular complexity index is 40.3. The number of hydrogen-bond donors (Lipinski definition) is 1. The van der Waals surface area contributed by atoms with E-state index in [-0.39, 0.29) is 67.2 Å². The zero-order chi connectivity index (χ0) is 3.58. The molecule has 0 aromatic carbocycles. The quantitative estimate of drug-likeness (QED) is 0.346. The first-order valence-corrected chi connectivity index (χ1v) is 0.565. The van der Waals surface area contributed by atoms with Gasteiger partial charge in [-0.2, -0.15) is 0 Å². The van der Waals surface area contributed by atoms with Gasteiger partial charge in [-0.1, -0.05) is 0 Å². The maximum atomic E-state index is 8.36. The smallest absolute Gasteiger partial charge is 1.00 e. The normalized spacial score (nSPS) is 4.00. The maximum Gasteiger partial charge on any atom is 2.00 e. The third-order valence-corrected chi connectivity index (χ3v) is 0. The average molecular weight is 230 g/mol. The van der Waals surface area contributed by atoms with Crippen LogP contribution < -0.4 is 0 Å². The molecule has 0 aliphatic heterocycles. The predicted octanol–water partition coefficient (Wildman–Crippen LogP) is -0.504. The Morgan fingerprint density at radius 2 is 1.83 bits per heavy atom. The third-order valence-electron chi connectivity index (χ3n) is 0. The van der Waals surface area contributed by atoms with Gasteiger partial charge >= 0.3 is 23.1 Å². The van der Waals surface area contributed by atoms with Crippen molar-refractivity contribution >= 4 is 23.1 Å². The molecular formula is H3MgNO3Pr. The molecule has 0 aromatic rings. The van der Waals surface area contributed by atoms with Crippen LogP contribution in [0.25, 0.3) is 0 Å². The van der Waals surface area contributed by atoms with Gasteiger partial charge in [0, 0.05) is 41.3 Å². The van der Waals surface area contributed by atoms with E-state index in [2.05, 4.69) is 0 Å². The fourth-order valence-electron chi connectivity index (χ4n) is 0. The zero-order valence-electron chi connectivity index (χ0n) is 5.00. The molecule has 0 rings (SSSR count). The van der Waals surface area contributed by atoms with E-state index in [4.69, 9.17) is 15.3 Å². The third kappa shape index (κ3) is 56.5. The number of hydrogen-bond acceptors (Lipinski definition) is 2. The van der Waals surface area contributed by atoms with Crippen LogP contribution in [-0.2, 0) is 0 Å². The first-order valence-electron chi connectivity index (χ1n) is 0.565. The van der Waals surface area contributed by atoms with Crippen molar-refractivity contribution in [3.8, 4) is 0 Å². The van der Waals surface area contributed by atoms with Crippen molar-refractivity contribution in [1.82, 2.24) is 0 Å². The molecule has 6 heavy (non-hydrogen) atoms. The molecular weight excluding hydrogens is 227 g/mol. The van der Waals surface area contributed by atoms with Crippen LogP contribution in [0, 0.1) is 51.4 Å². The summed E-state index contributed by atoms with van der Waals surface area (Å²) in [6.45, 7) is 0. The Hall–Kier alpha value is 1.33. The van der Waals surface area contributed by atoms with Crippen LogP contribution in [-0.4, -0.2) is 33.3 Å². The summed E-state index contributed by atoms with van der Waals surface area (Å²) in [5, 5.41) is 13.6. The molecule has 0 heterocycles. The molecule has 6 heteroatoms. The summed E-state index contributed by atoms with van der Waals surface area (Å²) in [6.07, 6.45) is 0. The van der Waals surface area contributed by atoms with Gasteiger partial charge in [0.15, 0.2) is 0 Å². The Morgan fingerprint density at radius 3 is 1.83 bits per heavy atom. The first kappa shape index (κ1) is 15.7. The van der Waals surface area contributed by atoms with Crippen LogP contribution in [0.3, 0.4) is 0 Å². The van der Waals surface area contributed by atoms with E-state index in [0.29, 0.717) is 0 Å². The molecule has 0 fully saturated rings. The summed E-state index contributed by atoms with van der Waals surface area (Å²) in [7, 11) is 0. The molecule has 0 amide bonds. The zero-order valence-corrected chi connectivity index (χ0v) is 8.11. The minimum absolute atomic E-state index is 0. The van der Waals surface area contributed by atoms with Crippen molar-refractivity contribution < 1.29 is 54.4 Å². The van der Waals surface area contributed by atoms with Crippen molar-refractivity contribution in [3.05, 3.63) is 10.1 Å². The molecule has 0 saturated carbocycles. The summed E-state index contributed by atoms with van der Waals surface area (Å²) in [5.41, 5.74) is 0. The van der Waals surface area contributed by atoms with Crippen LogP contribution >= 0.6 is 0 Å². The van der Waals surface area contributed by atoms with Gasteiger partial charge in [0.2, 0.25) is 0 Å². The summed E-state index contributed by atoms with van der Waals surface area (Å²) in [4.78, 5) is 8.36.